The second kappa shape index (κ2) is 4.99. The van der Waals surface area contributed by atoms with Gasteiger partial charge in [-0.15, -0.1) is 0 Å². The molecule has 0 aliphatic carbocycles. The summed E-state index contributed by atoms with van der Waals surface area (Å²) in [5, 5.41) is 3.72. The summed E-state index contributed by atoms with van der Waals surface area (Å²) in [6.07, 6.45) is 1.09. The van der Waals surface area contributed by atoms with E-state index >= 15 is 0 Å². The van der Waals surface area contributed by atoms with Crippen molar-refractivity contribution in [1.82, 2.24) is 19.7 Å². The minimum Gasteiger partial charge on any atom is -0.255 e. The van der Waals surface area contributed by atoms with E-state index < -0.39 is 11.7 Å². The Kier molecular flexibility index (Phi) is 3.55. The second-order valence-corrected chi connectivity index (χ2v) is 4.25. The fourth-order valence-corrected chi connectivity index (χ4v) is 1.64. The summed E-state index contributed by atoms with van der Waals surface area (Å²) in [7, 11) is 0. The van der Waals surface area contributed by atoms with Crippen LogP contribution in [0.1, 0.15) is 37.4 Å². The van der Waals surface area contributed by atoms with Crippen LogP contribution in [-0.2, 0) is 6.18 Å². The lowest BCUT2D eigenvalue weighted by atomic mass is 10.1. The number of aromatic nitrogens is 4. The first-order chi connectivity index (χ1) is 8.93. The molecule has 0 bridgehead atoms. The Balaban J connectivity index is 2.45. The van der Waals surface area contributed by atoms with Crippen LogP contribution >= 0.6 is 0 Å². The van der Waals surface area contributed by atoms with E-state index in [4.69, 9.17) is 0 Å². The predicted molar refractivity (Wildman–Crippen MR) is 62.9 cm³/mol. The van der Waals surface area contributed by atoms with E-state index in [0.29, 0.717) is 11.5 Å². The number of halogens is 3. The summed E-state index contributed by atoms with van der Waals surface area (Å²) in [5.74, 6) is 0.439. The molecule has 2 aromatic heterocycles. The van der Waals surface area contributed by atoms with Gasteiger partial charge >= 0.3 is 6.18 Å². The molecular formula is C12H13F3N4. The number of alkyl halides is 3. The van der Waals surface area contributed by atoms with Gasteiger partial charge in [0.15, 0.2) is 5.82 Å². The lowest BCUT2D eigenvalue weighted by molar-refractivity contribution is -0.137. The molecule has 0 aliphatic rings. The molecule has 2 heterocycles. The molecule has 7 heteroatoms. The number of hydrogen-bond acceptors (Lipinski definition) is 3. The smallest absolute Gasteiger partial charge is 0.255 e. The van der Waals surface area contributed by atoms with Crippen LogP contribution in [0, 0.1) is 0 Å². The average Bonchev–Trinajstić information content (AvgIpc) is 2.87. The van der Waals surface area contributed by atoms with Crippen LogP contribution in [0.4, 0.5) is 13.2 Å². The van der Waals surface area contributed by atoms with E-state index in [1.807, 2.05) is 13.8 Å². The van der Waals surface area contributed by atoms with Crippen LogP contribution in [0.2, 0.25) is 0 Å². The van der Waals surface area contributed by atoms with Crippen LogP contribution < -0.4 is 0 Å². The van der Waals surface area contributed by atoms with Crippen molar-refractivity contribution in [2.45, 2.75) is 32.4 Å². The van der Waals surface area contributed by atoms with Crippen LogP contribution in [0.25, 0.3) is 5.82 Å². The summed E-state index contributed by atoms with van der Waals surface area (Å²) < 4.78 is 38.8. The number of rotatable bonds is 3. The highest BCUT2D eigenvalue weighted by molar-refractivity contribution is 5.30. The highest BCUT2D eigenvalue weighted by atomic mass is 19.4. The SMILES string of the molecule is CCC(C)c1nccnc1-n1cc(C(F)(F)F)cn1. The molecule has 19 heavy (non-hydrogen) atoms. The third kappa shape index (κ3) is 2.74. The van der Waals surface area contributed by atoms with Crippen LogP contribution in [0.3, 0.4) is 0 Å². The summed E-state index contributed by atoms with van der Waals surface area (Å²) in [4.78, 5) is 8.28. The molecule has 0 saturated carbocycles. The standard InChI is InChI=1S/C12H13F3N4/c1-3-8(2)10-11(17-5-4-16-10)19-7-9(6-18-19)12(13,14)15/h4-8H,3H2,1-2H3. The van der Waals surface area contributed by atoms with Crippen LogP contribution in [-0.4, -0.2) is 19.7 Å². The lowest BCUT2D eigenvalue weighted by Gasteiger charge is -2.12. The molecule has 102 valence electrons. The fourth-order valence-electron chi connectivity index (χ4n) is 1.64. The fraction of sp³-hybridized carbons (Fsp3) is 0.417. The molecule has 0 N–H and O–H groups in total. The molecule has 2 rings (SSSR count). The number of hydrogen-bond donors (Lipinski definition) is 0. The Morgan fingerprint density at radius 3 is 2.53 bits per heavy atom. The first-order valence-corrected chi connectivity index (χ1v) is 5.86. The van der Waals surface area contributed by atoms with Gasteiger partial charge in [0, 0.05) is 24.5 Å². The van der Waals surface area contributed by atoms with Gasteiger partial charge < -0.3 is 0 Å². The second-order valence-electron chi connectivity index (χ2n) is 4.25. The van der Waals surface area contributed by atoms with Gasteiger partial charge in [0.05, 0.1) is 17.5 Å². The third-order valence-electron chi connectivity index (χ3n) is 2.91. The zero-order valence-corrected chi connectivity index (χ0v) is 10.5. The minimum atomic E-state index is -4.41. The van der Waals surface area contributed by atoms with Gasteiger partial charge in [-0.2, -0.15) is 18.3 Å². The first-order valence-electron chi connectivity index (χ1n) is 5.86. The van der Waals surface area contributed by atoms with E-state index in [1.54, 1.807) is 0 Å². The summed E-state index contributed by atoms with van der Waals surface area (Å²) in [6.45, 7) is 3.93. The van der Waals surface area contributed by atoms with E-state index in [9.17, 15) is 13.2 Å². The number of nitrogens with zero attached hydrogens (tertiary/aromatic N) is 4. The zero-order chi connectivity index (χ0) is 14.0. The van der Waals surface area contributed by atoms with Gasteiger partial charge in [-0.05, 0) is 6.42 Å². The molecule has 0 fully saturated rings. The molecular weight excluding hydrogens is 257 g/mol. The summed E-state index contributed by atoms with van der Waals surface area (Å²) >= 11 is 0. The molecule has 1 atom stereocenters. The molecule has 0 radical (unpaired) electrons. The first kappa shape index (κ1) is 13.5. The van der Waals surface area contributed by atoms with Crippen molar-refractivity contribution >= 4 is 0 Å². The highest BCUT2D eigenvalue weighted by Gasteiger charge is 2.32. The molecule has 0 aromatic carbocycles. The van der Waals surface area contributed by atoms with Gasteiger partial charge in [0.25, 0.3) is 0 Å². The summed E-state index contributed by atoms with van der Waals surface area (Å²) in [6, 6.07) is 0. The highest BCUT2D eigenvalue weighted by Crippen LogP contribution is 2.29. The topological polar surface area (TPSA) is 43.6 Å². The lowest BCUT2D eigenvalue weighted by Crippen LogP contribution is -2.08. The zero-order valence-electron chi connectivity index (χ0n) is 10.5. The van der Waals surface area contributed by atoms with Crippen molar-refractivity contribution < 1.29 is 13.2 Å². The van der Waals surface area contributed by atoms with Crippen LogP contribution in [0.5, 0.6) is 0 Å². The van der Waals surface area contributed by atoms with Crippen molar-refractivity contribution in [3.05, 3.63) is 36.0 Å². The minimum absolute atomic E-state index is 0.0993. The normalized spacial score (nSPS) is 13.5. The Labute approximate surface area is 108 Å². The van der Waals surface area contributed by atoms with E-state index in [-0.39, 0.29) is 5.92 Å². The summed E-state index contributed by atoms with van der Waals surface area (Å²) in [5.41, 5.74) is -0.157. The molecule has 4 nitrogen and oxygen atoms in total. The van der Waals surface area contributed by atoms with Crippen molar-refractivity contribution in [3.8, 4) is 5.82 Å². The maximum Gasteiger partial charge on any atom is 0.419 e. The Hall–Kier alpha value is -1.92. The van der Waals surface area contributed by atoms with Gasteiger partial charge in [0.1, 0.15) is 0 Å². The molecule has 1 unspecified atom stereocenters. The maximum atomic E-state index is 12.6. The van der Waals surface area contributed by atoms with E-state index in [0.717, 1.165) is 23.5 Å². The monoisotopic (exact) mass is 270 g/mol. The molecule has 0 saturated heterocycles. The largest absolute Gasteiger partial charge is 0.419 e. The average molecular weight is 270 g/mol. The van der Waals surface area contributed by atoms with Gasteiger partial charge in [0.2, 0.25) is 0 Å². The molecule has 2 aromatic rings. The Morgan fingerprint density at radius 2 is 1.95 bits per heavy atom. The quantitative estimate of drug-likeness (QED) is 0.860. The van der Waals surface area contributed by atoms with Gasteiger partial charge in [-0.3, -0.25) is 4.98 Å². The third-order valence-corrected chi connectivity index (χ3v) is 2.91. The Bertz CT molecular complexity index is 562. The maximum absolute atomic E-state index is 12.6. The predicted octanol–water partition coefficient (Wildman–Crippen LogP) is 3.19. The van der Waals surface area contributed by atoms with Crippen molar-refractivity contribution in [3.63, 3.8) is 0 Å². The van der Waals surface area contributed by atoms with Crippen molar-refractivity contribution in [2.24, 2.45) is 0 Å². The Morgan fingerprint density at radius 1 is 1.26 bits per heavy atom. The van der Waals surface area contributed by atoms with Crippen molar-refractivity contribution in [1.29, 1.82) is 0 Å². The van der Waals surface area contributed by atoms with E-state index in [1.165, 1.54) is 12.4 Å². The molecule has 0 amide bonds. The molecule has 0 aliphatic heterocycles. The van der Waals surface area contributed by atoms with Crippen molar-refractivity contribution in [2.75, 3.05) is 0 Å². The van der Waals surface area contributed by atoms with Gasteiger partial charge in [-0.1, -0.05) is 13.8 Å². The van der Waals surface area contributed by atoms with Crippen LogP contribution in [0.15, 0.2) is 24.8 Å². The van der Waals surface area contributed by atoms with E-state index in [2.05, 4.69) is 15.1 Å². The van der Waals surface area contributed by atoms with Gasteiger partial charge in [-0.25, -0.2) is 9.67 Å². The molecule has 0 spiro atoms.